The standard InChI is InChI=1S/C12H16N4O/c1-15-11(6-7-13-15)10-8-12(17)16(14-10)9-4-2-3-5-9/h6-7,9H,2-5,8H2,1H3. The summed E-state index contributed by atoms with van der Waals surface area (Å²) in [6.07, 6.45) is 6.76. The first-order chi connectivity index (χ1) is 8.25. The lowest BCUT2D eigenvalue weighted by Gasteiger charge is -2.18. The van der Waals surface area contributed by atoms with Gasteiger partial charge in [-0.05, 0) is 18.9 Å². The highest BCUT2D eigenvalue weighted by molar-refractivity contribution is 6.12. The van der Waals surface area contributed by atoms with Crippen LogP contribution in [0, 0.1) is 0 Å². The van der Waals surface area contributed by atoms with Crippen LogP contribution in [0.15, 0.2) is 17.4 Å². The van der Waals surface area contributed by atoms with Crippen molar-refractivity contribution in [3.05, 3.63) is 18.0 Å². The summed E-state index contributed by atoms with van der Waals surface area (Å²) in [5.41, 5.74) is 1.79. The molecule has 1 amide bonds. The predicted octanol–water partition coefficient (Wildman–Crippen LogP) is 1.30. The van der Waals surface area contributed by atoms with Gasteiger partial charge in [-0.3, -0.25) is 9.48 Å². The van der Waals surface area contributed by atoms with Crippen molar-refractivity contribution in [1.82, 2.24) is 14.8 Å². The molecule has 5 nitrogen and oxygen atoms in total. The number of hydrogen-bond donors (Lipinski definition) is 0. The van der Waals surface area contributed by atoms with Crippen LogP contribution in [0.25, 0.3) is 0 Å². The van der Waals surface area contributed by atoms with Crippen LogP contribution in [0.5, 0.6) is 0 Å². The van der Waals surface area contributed by atoms with Gasteiger partial charge in [-0.2, -0.15) is 10.2 Å². The average Bonchev–Trinajstić information content (AvgIpc) is 2.97. The molecule has 0 unspecified atom stereocenters. The molecular formula is C12H16N4O. The molecule has 1 aromatic rings. The maximum absolute atomic E-state index is 12.0. The number of aromatic nitrogens is 2. The highest BCUT2D eigenvalue weighted by atomic mass is 16.2. The van der Waals surface area contributed by atoms with Crippen LogP contribution in [-0.2, 0) is 11.8 Å². The van der Waals surface area contributed by atoms with E-state index in [1.54, 1.807) is 15.9 Å². The monoisotopic (exact) mass is 232 g/mol. The van der Waals surface area contributed by atoms with Gasteiger partial charge in [0.1, 0.15) is 0 Å². The van der Waals surface area contributed by atoms with E-state index in [2.05, 4.69) is 10.2 Å². The fraction of sp³-hybridized carbons (Fsp3) is 0.583. The number of carbonyl (C=O) groups is 1. The van der Waals surface area contributed by atoms with Crippen LogP contribution >= 0.6 is 0 Å². The SMILES string of the molecule is Cn1nccc1C1=NN(C2CCCC2)C(=O)C1. The summed E-state index contributed by atoms with van der Waals surface area (Å²) < 4.78 is 1.77. The number of hydrogen-bond acceptors (Lipinski definition) is 3. The van der Waals surface area contributed by atoms with Gasteiger partial charge in [0.05, 0.1) is 23.9 Å². The van der Waals surface area contributed by atoms with E-state index in [1.807, 2.05) is 13.1 Å². The zero-order valence-corrected chi connectivity index (χ0v) is 9.96. The van der Waals surface area contributed by atoms with Crippen molar-refractivity contribution in [2.75, 3.05) is 0 Å². The van der Waals surface area contributed by atoms with Crippen LogP contribution in [0.2, 0.25) is 0 Å². The van der Waals surface area contributed by atoms with E-state index in [1.165, 1.54) is 12.8 Å². The number of nitrogens with zero attached hydrogens (tertiary/aromatic N) is 4. The summed E-state index contributed by atoms with van der Waals surface area (Å²) in [7, 11) is 1.88. The second kappa shape index (κ2) is 3.98. The molecule has 1 saturated carbocycles. The molecule has 17 heavy (non-hydrogen) atoms. The van der Waals surface area contributed by atoms with Crippen LogP contribution in [0.4, 0.5) is 0 Å². The van der Waals surface area contributed by atoms with Gasteiger partial charge in [-0.15, -0.1) is 0 Å². The molecule has 0 atom stereocenters. The Morgan fingerprint density at radius 3 is 2.76 bits per heavy atom. The molecule has 0 radical (unpaired) electrons. The van der Waals surface area contributed by atoms with Gasteiger partial charge in [0.2, 0.25) is 5.91 Å². The number of aryl methyl sites for hydroxylation is 1. The van der Waals surface area contributed by atoms with Crippen molar-refractivity contribution < 1.29 is 4.79 Å². The molecular weight excluding hydrogens is 216 g/mol. The minimum absolute atomic E-state index is 0.133. The van der Waals surface area contributed by atoms with Crippen LogP contribution < -0.4 is 0 Å². The molecule has 3 rings (SSSR count). The lowest BCUT2D eigenvalue weighted by Crippen LogP contribution is -2.30. The van der Waals surface area contributed by atoms with E-state index in [0.29, 0.717) is 12.5 Å². The number of hydrazone groups is 1. The molecule has 2 aliphatic rings. The summed E-state index contributed by atoms with van der Waals surface area (Å²) in [6.45, 7) is 0. The first-order valence-corrected chi connectivity index (χ1v) is 6.13. The van der Waals surface area contributed by atoms with Crippen molar-refractivity contribution in [2.45, 2.75) is 38.1 Å². The van der Waals surface area contributed by atoms with E-state index in [9.17, 15) is 4.79 Å². The molecule has 1 aliphatic heterocycles. The Kier molecular flexibility index (Phi) is 2.46. The lowest BCUT2D eigenvalue weighted by molar-refractivity contribution is -0.130. The highest BCUT2D eigenvalue weighted by Crippen LogP contribution is 2.27. The normalized spacial score (nSPS) is 21.4. The summed E-state index contributed by atoms with van der Waals surface area (Å²) in [6, 6.07) is 2.23. The first kappa shape index (κ1) is 10.5. The number of amides is 1. The van der Waals surface area contributed by atoms with Gasteiger partial charge in [-0.25, -0.2) is 5.01 Å². The Labute approximate surface area is 100 Å². The molecule has 0 spiro atoms. The number of carbonyl (C=O) groups excluding carboxylic acids is 1. The van der Waals surface area contributed by atoms with Gasteiger partial charge >= 0.3 is 0 Å². The lowest BCUT2D eigenvalue weighted by atomic mass is 10.2. The minimum atomic E-state index is 0.133. The van der Waals surface area contributed by atoms with E-state index < -0.39 is 0 Å². The van der Waals surface area contributed by atoms with Crippen molar-refractivity contribution >= 4 is 11.6 Å². The first-order valence-electron chi connectivity index (χ1n) is 6.13. The second-order valence-corrected chi connectivity index (χ2v) is 4.74. The van der Waals surface area contributed by atoms with E-state index >= 15 is 0 Å². The fourth-order valence-corrected chi connectivity index (χ4v) is 2.68. The van der Waals surface area contributed by atoms with Crippen molar-refractivity contribution in [3.63, 3.8) is 0 Å². The Hall–Kier alpha value is -1.65. The molecule has 0 N–H and O–H groups in total. The molecule has 1 aliphatic carbocycles. The van der Waals surface area contributed by atoms with E-state index in [-0.39, 0.29) is 5.91 Å². The predicted molar refractivity (Wildman–Crippen MR) is 63.5 cm³/mol. The summed E-state index contributed by atoms with van der Waals surface area (Å²) in [5, 5.41) is 10.3. The maximum atomic E-state index is 12.0. The average molecular weight is 232 g/mol. The fourth-order valence-electron chi connectivity index (χ4n) is 2.68. The molecule has 1 aromatic heterocycles. The summed E-state index contributed by atoms with van der Waals surface area (Å²) in [4.78, 5) is 12.0. The third kappa shape index (κ3) is 1.75. The Bertz CT molecular complexity index is 471. The third-order valence-corrected chi connectivity index (χ3v) is 3.59. The third-order valence-electron chi connectivity index (χ3n) is 3.59. The van der Waals surface area contributed by atoms with Gasteiger partial charge in [0, 0.05) is 13.2 Å². The number of rotatable bonds is 2. The van der Waals surface area contributed by atoms with E-state index in [0.717, 1.165) is 24.2 Å². The maximum Gasteiger partial charge on any atom is 0.249 e. The minimum Gasteiger partial charge on any atom is -0.272 e. The summed E-state index contributed by atoms with van der Waals surface area (Å²) >= 11 is 0. The van der Waals surface area contributed by atoms with Gasteiger partial charge < -0.3 is 0 Å². The summed E-state index contributed by atoms with van der Waals surface area (Å²) in [5.74, 6) is 0.133. The van der Waals surface area contributed by atoms with Crippen molar-refractivity contribution in [1.29, 1.82) is 0 Å². The van der Waals surface area contributed by atoms with Crippen molar-refractivity contribution in [3.8, 4) is 0 Å². The van der Waals surface area contributed by atoms with Crippen LogP contribution in [0.1, 0.15) is 37.8 Å². The largest absolute Gasteiger partial charge is 0.272 e. The molecule has 2 heterocycles. The van der Waals surface area contributed by atoms with Crippen LogP contribution in [-0.4, -0.2) is 32.5 Å². The van der Waals surface area contributed by atoms with Crippen molar-refractivity contribution in [2.24, 2.45) is 12.1 Å². The van der Waals surface area contributed by atoms with Gasteiger partial charge in [0.15, 0.2) is 0 Å². The highest BCUT2D eigenvalue weighted by Gasteiger charge is 2.33. The molecule has 1 fully saturated rings. The topological polar surface area (TPSA) is 50.5 Å². The Morgan fingerprint density at radius 2 is 2.12 bits per heavy atom. The smallest absolute Gasteiger partial charge is 0.249 e. The quantitative estimate of drug-likeness (QED) is 0.771. The zero-order valence-electron chi connectivity index (χ0n) is 9.96. The molecule has 0 saturated heterocycles. The van der Waals surface area contributed by atoms with Gasteiger partial charge in [-0.1, -0.05) is 12.8 Å². The zero-order chi connectivity index (χ0) is 11.8. The second-order valence-electron chi connectivity index (χ2n) is 4.74. The molecule has 5 heteroatoms. The molecule has 90 valence electrons. The van der Waals surface area contributed by atoms with Crippen LogP contribution in [0.3, 0.4) is 0 Å². The molecule has 0 bridgehead atoms. The molecule has 0 aromatic carbocycles. The Balaban J connectivity index is 1.86. The van der Waals surface area contributed by atoms with Gasteiger partial charge in [0.25, 0.3) is 0 Å². The van der Waals surface area contributed by atoms with E-state index in [4.69, 9.17) is 0 Å². The Morgan fingerprint density at radius 1 is 1.35 bits per heavy atom.